The number of benzene rings is 2. The van der Waals surface area contributed by atoms with Crippen LogP contribution in [0.5, 0.6) is 5.88 Å². The van der Waals surface area contributed by atoms with Crippen molar-refractivity contribution in [2.45, 2.75) is 17.9 Å². The van der Waals surface area contributed by atoms with E-state index < -0.39 is 22.0 Å². The Balaban J connectivity index is 1.57. The molecule has 164 valence electrons. The summed E-state index contributed by atoms with van der Waals surface area (Å²) in [4.78, 5) is 17.6. The van der Waals surface area contributed by atoms with Gasteiger partial charge in [-0.05, 0) is 55.5 Å². The summed E-state index contributed by atoms with van der Waals surface area (Å²) in [5.74, 6) is -0.540. The van der Waals surface area contributed by atoms with Crippen molar-refractivity contribution in [1.82, 2.24) is 4.57 Å². The van der Waals surface area contributed by atoms with Gasteiger partial charge in [0.25, 0.3) is 0 Å². The van der Waals surface area contributed by atoms with E-state index in [1.54, 1.807) is 19.2 Å². The number of fused-ring (bicyclic) bond motifs is 1. The second-order valence-electron chi connectivity index (χ2n) is 7.04. The molecule has 3 aromatic rings. The Morgan fingerprint density at radius 1 is 1.25 bits per heavy atom. The molecule has 1 aliphatic heterocycles. The molecule has 0 aliphatic carbocycles. The minimum atomic E-state index is -3.82. The quantitative estimate of drug-likeness (QED) is 0.468. The van der Waals surface area contributed by atoms with Gasteiger partial charge in [-0.15, -0.1) is 11.3 Å². The molecule has 2 heterocycles. The van der Waals surface area contributed by atoms with Gasteiger partial charge in [0.05, 0.1) is 15.5 Å². The van der Waals surface area contributed by atoms with Crippen LogP contribution < -0.4 is 10.5 Å². The lowest BCUT2D eigenvalue weighted by atomic mass is 10.1. The first-order valence-corrected chi connectivity index (χ1v) is 12.2. The molecule has 0 bridgehead atoms. The van der Waals surface area contributed by atoms with E-state index in [0.29, 0.717) is 14.5 Å². The number of hydrogen-bond donors (Lipinski definition) is 3. The normalized spacial score (nSPS) is 15.0. The number of hydrogen-bond acceptors (Lipinski definition) is 7. The number of amides is 1. The van der Waals surface area contributed by atoms with Crippen molar-refractivity contribution in [3.8, 4) is 5.88 Å². The number of nitrogens with one attached hydrogen (secondary N) is 1. The minimum absolute atomic E-state index is 0.0593. The van der Waals surface area contributed by atoms with Crippen LogP contribution in [0.1, 0.15) is 23.4 Å². The number of para-hydroxylation sites is 1. The highest BCUT2D eigenvalue weighted by atomic mass is 32.2. The predicted octanol–water partition coefficient (Wildman–Crippen LogP) is 4.09. The van der Waals surface area contributed by atoms with Crippen LogP contribution in [0.15, 0.2) is 58.4 Å². The van der Waals surface area contributed by atoms with Crippen molar-refractivity contribution >= 4 is 68.7 Å². The van der Waals surface area contributed by atoms with E-state index in [9.17, 15) is 18.3 Å². The number of nitrogens with zero attached hydrogens (tertiary/aromatic N) is 2. The molecule has 32 heavy (non-hydrogen) atoms. The highest BCUT2D eigenvalue weighted by Crippen LogP contribution is 2.37. The lowest BCUT2D eigenvalue weighted by molar-refractivity contribution is -0.118. The zero-order valence-corrected chi connectivity index (χ0v) is 19.2. The third kappa shape index (κ3) is 4.28. The van der Waals surface area contributed by atoms with Crippen LogP contribution >= 0.6 is 23.6 Å². The number of aromatic hydroxyl groups is 1. The molecule has 0 saturated heterocycles. The smallest absolute Gasteiger partial charge is 0.247 e. The monoisotopic (exact) mass is 486 g/mol. The number of sulfonamides is 1. The molecule has 1 unspecified atom stereocenters. The number of aromatic nitrogens is 1. The van der Waals surface area contributed by atoms with Gasteiger partial charge in [-0.1, -0.05) is 18.2 Å². The summed E-state index contributed by atoms with van der Waals surface area (Å²) in [6.07, 6.45) is 3.51. The fraction of sp³-hybridized carbons (Fsp3) is 0.0952. The lowest BCUT2D eigenvalue weighted by Gasteiger charge is -2.15. The van der Waals surface area contributed by atoms with Crippen molar-refractivity contribution in [2.75, 3.05) is 5.32 Å². The van der Waals surface area contributed by atoms with Crippen LogP contribution in [0.4, 0.5) is 11.4 Å². The van der Waals surface area contributed by atoms with E-state index >= 15 is 0 Å². The van der Waals surface area contributed by atoms with Crippen molar-refractivity contribution in [1.29, 1.82) is 0 Å². The summed E-state index contributed by atoms with van der Waals surface area (Å²) < 4.78 is 24.4. The summed E-state index contributed by atoms with van der Waals surface area (Å²) in [6, 6.07) is 12.3. The molecule has 1 aromatic heterocycles. The van der Waals surface area contributed by atoms with Crippen LogP contribution in [0.25, 0.3) is 11.6 Å². The molecule has 4 N–H and O–H groups in total. The Hall–Kier alpha value is -3.12. The number of primary sulfonamides is 1. The second-order valence-corrected chi connectivity index (χ2v) is 10.3. The molecule has 0 spiro atoms. The summed E-state index contributed by atoms with van der Waals surface area (Å²) in [6.45, 7) is 1.61. The summed E-state index contributed by atoms with van der Waals surface area (Å²) >= 11 is 6.58. The van der Waals surface area contributed by atoms with Crippen LogP contribution in [-0.2, 0) is 14.8 Å². The highest BCUT2D eigenvalue weighted by Gasteiger charge is 2.23. The minimum Gasteiger partial charge on any atom is -0.493 e. The largest absolute Gasteiger partial charge is 0.493 e. The van der Waals surface area contributed by atoms with Gasteiger partial charge in [-0.3, -0.25) is 14.4 Å². The Morgan fingerprint density at radius 3 is 2.62 bits per heavy atom. The summed E-state index contributed by atoms with van der Waals surface area (Å²) in [5, 5.41) is 18.6. The Bertz CT molecular complexity index is 1430. The van der Waals surface area contributed by atoms with Gasteiger partial charge in [-0.25, -0.2) is 13.6 Å². The van der Waals surface area contributed by atoms with Crippen LogP contribution in [0.3, 0.4) is 0 Å². The van der Waals surface area contributed by atoms with E-state index in [4.69, 9.17) is 17.4 Å². The van der Waals surface area contributed by atoms with Crippen molar-refractivity contribution in [3.05, 3.63) is 62.9 Å². The maximum absolute atomic E-state index is 12.8. The zero-order valence-electron chi connectivity index (χ0n) is 16.7. The molecule has 0 radical (unpaired) electrons. The average molecular weight is 487 g/mol. The SMILES string of the molecule is CC(C(=O)Nc1ccc(S(N)(=O)=O)cc1)n1c(O)c(/C=C2/C=Nc3ccccc32)sc1=S. The number of allylic oxidation sites excluding steroid dienone is 1. The Labute approximate surface area is 193 Å². The molecule has 0 saturated carbocycles. The molecular formula is C21H18N4O4S3. The molecule has 1 atom stereocenters. The van der Waals surface area contributed by atoms with Gasteiger partial charge >= 0.3 is 0 Å². The topological polar surface area (TPSA) is 127 Å². The Morgan fingerprint density at radius 2 is 1.94 bits per heavy atom. The van der Waals surface area contributed by atoms with Gasteiger partial charge in [0, 0.05) is 23.0 Å². The molecular weight excluding hydrogens is 468 g/mol. The van der Waals surface area contributed by atoms with Gasteiger partial charge in [0.1, 0.15) is 6.04 Å². The predicted molar refractivity (Wildman–Crippen MR) is 128 cm³/mol. The van der Waals surface area contributed by atoms with Gasteiger partial charge in [0.15, 0.2) is 3.95 Å². The third-order valence-corrected chi connectivity index (χ3v) is 7.17. The standard InChI is InChI=1S/C21H18N4O4S3/c1-12(19(26)24-14-6-8-15(9-7-14)32(22,28)29)25-20(27)18(31-21(25)30)10-13-11-23-17-5-3-2-4-16(13)17/h2-12,27H,1H3,(H,24,26)(H2,22,28,29)/b13-10-. The highest BCUT2D eigenvalue weighted by molar-refractivity contribution is 7.89. The number of thiazole rings is 1. The fourth-order valence-corrected chi connectivity index (χ4v) is 5.15. The van der Waals surface area contributed by atoms with E-state index in [-0.39, 0.29) is 10.8 Å². The number of anilines is 1. The summed E-state index contributed by atoms with van der Waals surface area (Å²) in [7, 11) is -3.82. The first-order chi connectivity index (χ1) is 15.1. The molecule has 8 nitrogen and oxygen atoms in total. The second kappa shape index (κ2) is 8.43. The molecule has 11 heteroatoms. The third-order valence-electron chi connectivity index (χ3n) is 4.90. The zero-order chi connectivity index (χ0) is 23.0. The number of carbonyl (C=O) groups is 1. The average Bonchev–Trinajstić information content (AvgIpc) is 3.28. The maximum Gasteiger partial charge on any atom is 0.247 e. The van der Waals surface area contributed by atoms with Gasteiger partial charge in [0.2, 0.25) is 21.8 Å². The number of rotatable bonds is 5. The number of carbonyl (C=O) groups excluding carboxylic acids is 1. The molecule has 0 fully saturated rings. The lowest BCUT2D eigenvalue weighted by Crippen LogP contribution is -2.23. The van der Waals surface area contributed by atoms with Crippen LogP contribution in [-0.4, -0.2) is 30.2 Å². The first-order valence-electron chi connectivity index (χ1n) is 9.38. The van der Waals surface area contributed by atoms with E-state index in [1.807, 2.05) is 24.3 Å². The Kier molecular flexibility index (Phi) is 5.82. The fourth-order valence-electron chi connectivity index (χ4n) is 3.22. The summed E-state index contributed by atoms with van der Waals surface area (Å²) in [5.41, 5.74) is 3.02. The van der Waals surface area contributed by atoms with Crippen LogP contribution in [0.2, 0.25) is 0 Å². The van der Waals surface area contributed by atoms with E-state index in [2.05, 4.69) is 10.3 Å². The number of nitrogens with two attached hydrogens (primary N) is 1. The molecule has 1 aliphatic rings. The molecule has 4 rings (SSSR count). The van der Waals surface area contributed by atoms with Crippen molar-refractivity contribution in [3.63, 3.8) is 0 Å². The first kappa shape index (κ1) is 22.1. The van der Waals surface area contributed by atoms with Crippen LogP contribution in [0, 0.1) is 3.95 Å². The van der Waals surface area contributed by atoms with Crippen molar-refractivity contribution in [2.24, 2.45) is 10.1 Å². The van der Waals surface area contributed by atoms with Gasteiger partial charge in [-0.2, -0.15) is 0 Å². The van der Waals surface area contributed by atoms with Crippen molar-refractivity contribution < 1.29 is 18.3 Å². The van der Waals surface area contributed by atoms with E-state index in [1.165, 1.54) is 40.2 Å². The number of aliphatic imine (C=N–C) groups is 1. The maximum atomic E-state index is 12.8. The molecule has 2 aromatic carbocycles. The molecule has 1 amide bonds. The van der Waals surface area contributed by atoms with E-state index in [0.717, 1.165) is 16.8 Å². The van der Waals surface area contributed by atoms with Gasteiger partial charge < -0.3 is 10.4 Å².